The van der Waals surface area contributed by atoms with Crippen LogP contribution in [0, 0.1) is 0 Å². The fraction of sp³-hybridized carbons (Fsp3) is 1.00. The van der Waals surface area contributed by atoms with Gasteiger partial charge in [-0.2, -0.15) is 0 Å². The van der Waals surface area contributed by atoms with Crippen LogP contribution in [0.25, 0.3) is 0 Å². The fourth-order valence-corrected chi connectivity index (χ4v) is 5.51. The molecule has 2 unspecified atom stereocenters. The van der Waals surface area contributed by atoms with Gasteiger partial charge >= 0.3 is 15.2 Å². The van der Waals surface area contributed by atoms with Crippen molar-refractivity contribution in [3.8, 4) is 0 Å². The van der Waals surface area contributed by atoms with Crippen molar-refractivity contribution in [3.05, 3.63) is 0 Å². The molecule has 0 aromatic heterocycles. The summed E-state index contributed by atoms with van der Waals surface area (Å²) in [5.74, 6) is -0.347. The van der Waals surface area contributed by atoms with Gasteiger partial charge in [0.2, 0.25) is 0 Å². The van der Waals surface area contributed by atoms with E-state index in [1.165, 1.54) is 14.2 Å². The van der Waals surface area contributed by atoms with Gasteiger partial charge in [0, 0.05) is 14.2 Å². The van der Waals surface area contributed by atoms with Crippen molar-refractivity contribution < 1.29 is 27.2 Å². The van der Waals surface area contributed by atoms with Gasteiger partial charge < -0.3 is 18.1 Å². The van der Waals surface area contributed by atoms with Crippen LogP contribution < -0.4 is 0 Å². The second-order valence-electron chi connectivity index (χ2n) is 4.10. The van der Waals surface area contributed by atoms with Gasteiger partial charge in [-0.15, -0.1) is 0 Å². The predicted molar refractivity (Wildman–Crippen MR) is 75.8 cm³/mol. The number of rotatable bonds is 12. The highest BCUT2D eigenvalue weighted by atomic mass is 31.2. The summed E-state index contributed by atoms with van der Waals surface area (Å²) in [6.07, 6.45) is 3.36. The third-order valence-corrected chi connectivity index (χ3v) is 7.51. The molecule has 19 heavy (non-hydrogen) atoms. The van der Waals surface area contributed by atoms with E-state index in [1.54, 1.807) is 0 Å². The van der Waals surface area contributed by atoms with Gasteiger partial charge in [0.25, 0.3) is 0 Å². The van der Waals surface area contributed by atoms with Crippen molar-refractivity contribution in [3.63, 3.8) is 0 Å². The Kier molecular flexibility index (Phi) is 10.2. The van der Waals surface area contributed by atoms with Crippen LogP contribution in [-0.4, -0.2) is 33.3 Å². The van der Waals surface area contributed by atoms with Crippen molar-refractivity contribution in [2.45, 2.75) is 39.5 Å². The summed E-state index contributed by atoms with van der Waals surface area (Å²) in [6, 6.07) is 0. The average molecular weight is 316 g/mol. The SMILES string of the molecule is CCCCOP(=O)(CP(=O)(OC)OCCCC)OC. The van der Waals surface area contributed by atoms with E-state index >= 15 is 0 Å². The highest BCUT2D eigenvalue weighted by molar-refractivity contribution is 7.71. The molecule has 2 atom stereocenters. The van der Waals surface area contributed by atoms with Crippen molar-refractivity contribution >= 4 is 15.2 Å². The van der Waals surface area contributed by atoms with E-state index in [1.807, 2.05) is 13.8 Å². The second kappa shape index (κ2) is 10.1. The lowest BCUT2D eigenvalue weighted by Crippen LogP contribution is -2.04. The zero-order valence-corrected chi connectivity index (χ0v) is 14.1. The molecular weight excluding hydrogens is 290 g/mol. The maximum absolute atomic E-state index is 12.3. The molecule has 0 N–H and O–H groups in total. The van der Waals surface area contributed by atoms with E-state index < -0.39 is 15.2 Å². The molecule has 0 saturated heterocycles. The summed E-state index contributed by atoms with van der Waals surface area (Å²) in [7, 11) is -4.31. The van der Waals surface area contributed by atoms with Gasteiger partial charge in [0.05, 0.1) is 13.2 Å². The van der Waals surface area contributed by atoms with Crippen LogP contribution in [0.2, 0.25) is 0 Å². The second-order valence-corrected chi connectivity index (χ2v) is 8.92. The predicted octanol–water partition coefficient (Wildman–Crippen LogP) is 4.26. The molecule has 0 rings (SSSR count). The molecular formula is C11H26O6P2. The third kappa shape index (κ3) is 8.23. The maximum Gasteiger partial charge on any atom is 0.342 e. The Labute approximate surface area is 116 Å². The van der Waals surface area contributed by atoms with E-state index in [2.05, 4.69) is 0 Å². The first-order valence-corrected chi connectivity index (χ1v) is 9.99. The third-order valence-electron chi connectivity index (χ3n) is 2.47. The van der Waals surface area contributed by atoms with Crippen LogP contribution >= 0.6 is 15.2 Å². The van der Waals surface area contributed by atoms with Crippen molar-refractivity contribution in [2.75, 3.05) is 33.3 Å². The minimum Gasteiger partial charge on any atom is -0.311 e. The summed E-state index contributed by atoms with van der Waals surface area (Å²) in [6.45, 7) is 4.60. The number of hydrogen-bond donors (Lipinski definition) is 0. The largest absolute Gasteiger partial charge is 0.342 e. The zero-order chi connectivity index (χ0) is 14.8. The van der Waals surface area contributed by atoms with E-state index in [-0.39, 0.29) is 5.90 Å². The molecule has 0 amide bonds. The van der Waals surface area contributed by atoms with E-state index in [0.717, 1.165) is 25.7 Å². The molecule has 116 valence electrons. The van der Waals surface area contributed by atoms with Crippen LogP contribution in [0.5, 0.6) is 0 Å². The molecule has 0 aromatic rings. The van der Waals surface area contributed by atoms with Gasteiger partial charge in [-0.05, 0) is 12.8 Å². The normalized spacial score (nSPS) is 17.9. The van der Waals surface area contributed by atoms with Gasteiger partial charge in [-0.1, -0.05) is 26.7 Å². The molecule has 0 aliphatic heterocycles. The Balaban J connectivity index is 4.52. The molecule has 0 heterocycles. The molecule has 0 aliphatic rings. The monoisotopic (exact) mass is 316 g/mol. The first kappa shape index (κ1) is 19.3. The molecule has 0 aliphatic carbocycles. The number of unbranched alkanes of at least 4 members (excludes halogenated alkanes) is 2. The molecule has 6 nitrogen and oxygen atoms in total. The highest BCUT2D eigenvalue weighted by Gasteiger charge is 2.37. The van der Waals surface area contributed by atoms with Gasteiger partial charge in [-0.25, -0.2) is 0 Å². The van der Waals surface area contributed by atoms with Crippen LogP contribution in [0.3, 0.4) is 0 Å². The van der Waals surface area contributed by atoms with Crippen molar-refractivity contribution in [2.24, 2.45) is 0 Å². The molecule has 0 bridgehead atoms. The summed E-state index contributed by atoms with van der Waals surface area (Å²) in [5.41, 5.74) is 0. The minimum atomic E-state index is -3.43. The van der Waals surface area contributed by atoms with E-state index in [9.17, 15) is 9.13 Å². The molecule has 0 aromatic carbocycles. The Bertz CT molecular complexity index is 290. The molecule has 8 heteroatoms. The maximum atomic E-state index is 12.3. The first-order chi connectivity index (χ1) is 8.95. The Hall–Kier alpha value is 0.300. The van der Waals surface area contributed by atoms with Crippen LogP contribution in [0.4, 0.5) is 0 Å². The van der Waals surface area contributed by atoms with Gasteiger partial charge in [0.15, 0.2) is 5.90 Å². The molecule has 0 fully saturated rings. The standard InChI is InChI=1S/C11H26O6P2/c1-5-7-9-16-18(12,14-3)11-19(13,15-4)17-10-8-6-2/h5-11H2,1-4H3. The topological polar surface area (TPSA) is 71.1 Å². The van der Waals surface area contributed by atoms with Gasteiger partial charge in [0.1, 0.15) is 0 Å². The lowest BCUT2D eigenvalue weighted by molar-refractivity contribution is 0.217. The van der Waals surface area contributed by atoms with Crippen molar-refractivity contribution in [1.29, 1.82) is 0 Å². The van der Waals surface area contributed by atoms with Crippen LogP contribution in [0.1, 0.15) is 39.5 Å². The first-order valence-electron chi connectivity index (χ1n) is 6.54. The summed E-state index contributed by atoms with van der Waals surface area (Å²) >= 11 is 0. The molecule has 0 saturated carbocycles. The molecule has 0 spiro atoms. The van der Waals surface area contributed by atoms with Crippen LogP contribution in [-0.2, 0) is 27.2 Å². The zero-order valence-electron chi connectivity index (χ0n) is 12.3. The summed E-state index contributed by atoms with van der Waals surface area (Å²) in [5, 5.41) is 0. The van der Waals surface area contributed by atoms with Crippen LogP contribution in [0.15, 0.2) is 0 Å². The van der Waals surface area contributed by atoms with E-state index in [4.69, 9.17) is 18.1 Å². The summed E-state index contributed by atoms with van der Waals surface area (Å²) < 4.78 is 44.8. The average Bonchev–Trinajstić information content (AvgIpc) is 2.39. The lowest BCUT2D eigenvalue weighted by atomic mass is 10.4. The van der Waals surface area contributed by atoms with Gasteiger partial charge in [-0.3, -0.25) is 9.13 Å². The highest BCUT2D eigenvalue weighted by Crippen LogP contribution is 2.63. The van der Waals surface area contributed by atoms with E-state index in [0.29, 0.717) is 13.2 Å². The minimum absolute atomic E-state index is 0.306. The Morgan fingerprint density at radius 1 is 0.789 bits per heavy atom. The number of hydrogen-bond acceptors (Lipinski definition) is 6. The quantitative estimate of drug-likeness (QED) is 0.396. The summed E-state index contributed by atoms with van der Waals surface area (Å²) in [4.78, 5) is 0. The Morgan fingerprint density at radius 3 is 1.42 bits per heavy atom. The lowest BCUT2D eigenvalue weighted by Gasteiger charge is -2.21. The fourth-order valence-electron chi connectivity index (χ4n) is 1.21. The Morgan fingerprint density at radius 2 is 1.16 bits per heavy atom. The molecule has 0 radical (unpaired) electrons. The smallest absolute Gasteiger partial charge is 0.311 e. The van der Waals surface area contributed by atoms with Crippen molar-refractivity contribution in [1.82, 2.24) is 0 Å².